The molecule has 1 unspecified atom stereocenters. The summed E-state index contributed by atoms with van der Waals surface area (Å²) in [6.07, 6.45) is 3.11. The van der Waals surface area contributed by atoms with Crippen molar-refractivity contribution in [3.05, 3.63) is 111 Å². The van der Waals surface area contributed by atoms with Gasteiger partial charge >= 0.3 is 0 Å². The average Bonchev–Trinajstić information content (AvgIpc) is 3.37. The van der Waals surface area contributed by atoms with Crippen molar-refractivity contribution < 1.29 is 22.0 Å². The lowest BCUT2D eigenvalue weighted by Gasteiger charge is -2.42. The van der Waals surface area contributed by atoms with Crippen LogP contribution in [0.3, 0.4) is 0 Å². The Balaban J connectivity index is 1.49. The lowest BCUT2D eigenvalue weighted by atomic mass is 9.91. The number of rotatable bonds is 8. The molecule has 6 nitrogen and oxygen atoms in total. The van der Waals surface area contributed by atoms with Crippen LogP contribution in [0.5, 0.6) is 0 Å². The van der Waals surface area contributed by atoms with Crippen LogP contribution >= 0.6 is 11.6 Å². The molecule has 10 heteroatoms. The Bertz CT molecular complexity index is 1530. The minimum absolute atomic E-state index is 0.00134. The molecule has 3 aromatic carbocycles. The highest BCUT2D eigenvalue weighted by Gasteiger charge is 2.35. The van der Waals surface area contributed by atoms with E-state index in [-0.39, 0.29) is 35.5 Å². The van der Waals surface area contributed by atoms with Gasteiger partial charge in [0.2, 0.25) is 5.91 Å². The van der Waals surface area contributed by atoms with Crippen molar-refractivity contribution in [2.45, 2.75) is 24.9 Å². The molecule has 1 amide bonds. The third kappa shape index (κ3) is 5.98. The van der Waals surface area contributed by atoms with Crippen LogP contribution in [0.4, 0.5) is 8.78 Å². The SMILES string of the molecule is CS(=O)(=O)C(=C1CN(C(c2ccc(Cl)cc2)c2ccc([C@H](C(N)=O)N3CCCC3)cc2)C1)c1cc(F)cc(F)c1. The van der Waals surface area contributed by atoms with Gasteiger partial charge in [-0.15, -0.1) is 0 Å². The van der Waals surface area contributed by atoms with Gasteiger partial charge in [0, 0.05) is 30.4 Å². The molecule has 2 heterocycles. The summed E-state index contributed by atoms with van der Waals surface area (Å²) in [6, 6.07) is 17.2. The van der Waals surface area contributed by atoms with Crippen molar-refractivity contribution in [3.63, 3.8) is 0 Å². The van der Waals surface area contributed by atoms with E-state index in [2.05, 4.69) is 9.80 Å². The summed E-state index contributed by atoms with van der Waals surface area (Å²) in [7, 11) is -3.77. The first-order valence-electron chi connectivity index (χ1n) is 13.0. The summed E-state index contributed by atoms with van der Waals surface area (Å²) in [5.74, 6) is -2.06. The second kappa shape index (κ2) is 11.4. The number of likely N-dealkylation sites (tertiary alicyclic amines) is 2. The fraction of sp³-hybridized carbons (Fsp3) is 0.300. The van der Waals surface area contributed by atoms with Gasteiger partial charge in [0.05, 0.1) is 10.9 Å². The Kier molecular flexibility index (Phi) is 8.10. The minimum atomic E-state index is -3.77. The van der Waals surface area contributed by atoms with E-state index >= 15 is 0 Å². The number of hydrogen-bond acceptors (Lipinski definition) is 5. The highest BCUT2D eigenvalue weighted by molar-refractivity contribution is 8.00. The van der Waals surface area contributed by atoms with Crippen LogP contribution in [-0.4, -0.2) is 56.6 Å². The number of primary amides is 1. The lowest BCUT2D eigenvalue weighted by molar-refractivity contribution is -0.123. The third-order valence-electron chi connectivity index (χ3n) is 7.50. The summed E-state index contributed by atoms with van der Waals surface area (Å²) in [6.45, 7) is 2.22. The van der Waals surface area contributed by atoms with Gasteiger partial charge in [-0.3, -0.25) is 14.6 Å². The zero-order valence-corrected chi connectivity index (χ0v) is 23.6. The van der Waals surface area contributed by atoms with E-state index in [0.717, 1.165) is 61.0 Å². The van der Waals surface area contributed by atoms with E-state index in [1.54, 1.807) is 12.1 Å². The number of sulfone groups is 1. The molecule has 210 valence electrons. The van der Waals surface area contributed by atoms with E-state index in [1.807, 2.05) is 36.4 Å². The molecule has 0 aromatic heterocycles. The van der Waals surface area contributed by atoms with Crippen molar-refractivity contribution in [3.8, 4) is 0 Å². The van der Waals surface area contributed by atoms with Crippen molar-refractivity contribution in [2.75, 3.05) is 32.4 Å². The number of carbonyl (C=O) groups excluding carboxylic acids is 1. The molecule has 2 fully saturated rings. The molecule has 2 aliphatic rings. The molecule has 2 N–H and O–H groups in total. The molecular weight excluding hydrogens is 556 g/mol. The summed E-state index contributed by atoms with van der Waals surface area (Å²) >= 11 is 6.15. The van der Waals surface area contributed by atoms with Gasteiger partial charge < -0.3 is 5.73 Å². The molecule has 0 saturated carbocycles. The van der Waals surface area contributed by atoms with Crippen LogP contribution in [0.2, 0.25) is 5.02 Å². The molecule has 0 bridgehead atoms. The Labute approximate surface area is 238 Å². The van der Waals surface area contributed by atoms with Gasteiger partial charge in [-0.25, -0.2) is 17.2 Å². The molecule has 3 aromatic rings. The number of benzene rings is 3. The van der Waals surface area contributed by atoms with Crippen LogP contribution in [-0.2, 0) is 14.6 Å². The van der Waals surface area contributed by atoms with Gasteiger partial charge in [0.25, 0.3) is 0 Å². The van der Waals surface area contributed by atoms with Gasteiger partial charge in [-0.05, 0) is 78.0 Å². The van der Waals surface area contributed by atoms with Crippen LogP contribution in [0.15, 0.2) is 72.3 Å². The summed E-state index contributed by atoms with van der Waals surface area (Å²) < 4.78 is 53.4. The van der Waals surface area contributed by atoms with Gasteiger partial charge in [0.1, 0.15) is 17.7 Å². The third-order valence-corrected chi connectivity index (χ3v) is 9.02. The largest absolute Gasteiger partial charge is 0.368 e. The van der Waals surface area contributed by atoms with Crippen LogP contribution < -0.4 is 5.73 Å². The van der Waals surface area contributed by atoms with Crippen molar-refractivity contribution >= 4 is 32.3 Å². The van der Waals surface area contributed by atoms with Crippen LogP contribution in [0, 0.1) is 11.6 Å². The molecule has 2 aliphatic heterocycles. The standard InChI is InChI=1S/C30H30ClF2N3O3S/c1-40(38,39)29(22-14-25(32)16-26(33)15-22)23-17-36(18-23)27(20-8-10-24(31)11-9-20)19-4-6-21(7-5-19)28(30(34)37)35-12-2-3-13-35/h4-11,14-16,27-28H,2-3,12-13,17-18H2,1H3,(H2,34,37)/t27?,28-/m1/s1. The minimum Gasteiger partial charge on any atom is -0.368 e. The van der Waals surface area contributed by atoms with E-state index in [9.17, 15) is 22.0 Å². The predicted octanol–water partition coefficient (Wildman–Crippen LogP) is 5.10. The molecule has 40 heavy (non-hydrogen) atoms. The Hall–Kier alpha value is -3.11. The molecular formula is C30H30ClF2N3O3S. The molecule has 2 atom stereocenters. The number of carbonyl (C=O) groups is 1. The molecule has 0 radical (unpaired) electrons. The molecule has 2 saturated heterocycles. The number of nitrogens with two attached hydrogens (primary N) is 1. The topological polar surface area (TPSA) is 83.7 Å². The first kappa shape index (κ1) is 28.4. The monoisotopic (exact) mass is 585 g/mol. The Morgan fingerprint density at radius 1 is 0.850 bits per heavy atom. The fourth-order valence-electron chi connectivity index (χ4n) is 5.81. The number of hydrogen-bond donors (Lipinski definition) is 1. The van der Waals surface area contributed by atoms with Crippen molar-refractivity contribution in [1.29, 1.82) is 0 Å². The second-order valence-electron chi connectivity index (χ2n) is 10.4. The zero-order chi connectivity index (χ0) is 28.6. The zero-order valence-electron chi connectivity index (χ0n) is 22.0. The van der Waals surface area contributed by atoms with Gasteiger partial charge in [-0.2, -0.15) is 0 Å². The molecule has 5 rings (SSSR count). The molecule has 0 spiro atoms. The molecule has 0 aliphatic carbocycles. The van der Waals surface area contributed by atoms with Gasteiger partial charge in [0.15, 0.2) is 9.84 Å². The normalized spacial score (nSPS) is 17.9. The number of halogens is 3. The van der Waals surface area contributed by atoms with E-state index < -0.39 is 27.5 Å². The van der Waals surface area contributed by atoms with Crippen molar-refractivity contribution in [2.24, 2.45) is 5.73 Å². The number of amides is 1. The summed E-state index contributed by atoms with van der Waals surface area (Å²) in [5.41, 5.74) is 9.06. The fourth-order valence-corrected chi connectivity index (χ4v) is 7.14. The predicted molar refractivity (Wildman–Crippen MR) is 152 cm³/mol. The first-order valence-corrected chi connectivity index (χ1v) is 15.3. The maximum Gasteiger partial charge on any atom is 0.239 e. The average molecular weight is 586 g/mol. The van der Waals surface area contributed by atoms with E-state index in [1.165, 1.54) is 0 Å². The summed E-state index contributed by atoms with van der Waals surface area (Å²) in [4.78, 5) is 16.5. The van der Waals surface area contributed by atoms with E-state index in [4.69, 9.17) is 17.3 Å². The van der Waals surface area contributed by atoms with Crippen molar-refractivity contribution in [1.82, 2.24) is 9.80 Å². The maximum absolute atomic E-state index is 14.0. The van der Waals surface area contributed by atoms with Crippen LogP contribution in [0.25, 0.3) is 4.91 Å². The highest BCUT2D eigenvalue weighted by Crippen LogP contribution is 2.39. The Morgan fingerprint density at radius 3 is 1.85 bits per heavy atom. The summed E-state index contributed by atoms with van der Waals surface area (Å²) in [5, 5.41) is 0.587. The van der Waals surface area contributed by atoms with Crippen LogP contribution in [0.1, 0.15) is 47.2 Å². The first-order chi connectivity index (χ1) is 19.0. The quantitative estimate of drug-likeness (QED) is 0.398. The Morgan fingerprint density at radius 2 is 1.35 bits per heavy atom. The second-order valence-corrected chi connectivity index (χ2v) is 12.8. The lowest BCUT2D eigenvalue weighted by Crippen LogP contribution is -2.44. The van der Waals surface area contributed by atoms with E-state index in [0.29, 0.717) is 16.7 Å². The smallest absolute Gasteiger partial charge is 0.239 e. The van der Waals surface area contributed by atoms with Gasteiger partial charge in [-0.1, -0.05) is 48.0 Å². The maximum atomic E-state index is 14.0. The number of nitrogens with zero attached hydrogens (tertiary/aromatic N) is 2. The highest BCUT2D eigenvalue weighted by atomic mass is 35.5.